The second-order valence-corrected chi connectivity index (χ2v) is 10.2. The highest BCUT2D eigenvalue weighted by Gasteiger charge is 2.29. The lowest BCUT2D eigenvalue weighted by Gasteiger charge is -2.28. The molecule has 4 N–H and O–H groups in total. The summed E-state index contributed by atoms with van der Waals surface area (Å²) in [5.41, 5.74) is 0.0821. The molecule has 0 radical (unpaired) electrons. The van der Waals surface area contributed by atoms with Crippen LogP contribution in [-0.4, -0.2) is 53.5 Å². The Hall–Kier alpha value is -2.15. The van der Waals surface area contributed by atoms with Gasteiger partial charge in [-0.2, -0.15) is 0 Å². The topological polar surface area (TPSA) is 129 Å². The molecule has 0 aliphatic carbocycles. The highest BCUT2D eigenvalue weighted by Crippen LogP contribution is 2.19. The van der Waals surface area contributed by atoms with Crippen LogP contribution in [0, 0.1) is 11.6 Å². The molecule has 0 saturated heterocycles. The maximum Gasteiger partial charge on any atom is 0.271 e. The van der Waals surface area contributed by atoms with E-state index < -0.39 is 45.8 Å². The first-order chi connectivity index (χ1) is 15.0. The lowest BCUT2D eigenvalue weighted by molar-refractivity contribution is -0.00819. The number of hydrogen-bond acceptors (Lipinski definition) is 7. The van der Waals surface area contributed by atoms with E-state index in [2.05, 4.69) is 15.0 Å². The predicted molar refractivity (Wildman–Crippen MR) is 118 cm³/mol. The lowest BCUT2D eigenvalue weighted by atomic mass is 9.95. The number of unbranched alkanes of at least 4 members (excludes halogenated alkanes) is 1. The van der Waals surface area contributed by atoms with E-state index in [4.69, 9.17) is 0 Å². The summed E-state index contributed by atoms with van der Waals surface area (Å²) in [6, 6.07) is 1.78. The number of nitrogens with one attached hydrogen (secondary N) is 2. The van der Waals surface area contributed by atoms with Crippen molar-refractivity contribution < 1.29 is 32.2 Å². The molecule has 0 aliphatic heterocycles. The predicted octanol–water partition coefficient (Wildman–Crippen LogP) is 2.44. The average molecular weight is 492 g/mol. The maximum absolute atomic E-state index is 13.6. The number of aliphatic hydroxyl groups excluding tert-OH is 2. The molecule has 0 bridgehead atoms. The van der Waals surface area contributed by atoms with Crippen molar-refractivity contribution in [2.75, 3.05) is 10.5 Å². The summed E-state index contributed by atoms with van der Waals surface area (Å²) in [7, 11) is -3.57. The van der Waals surface area contributed by atoms with Gasteiger partial charge >= 0.3 is 0 Å². The number of carbonyl (C=O) groups is 1. The largest absolute Gasteiger partial charge is 0.390 e. The van der Waals surface area contributed by atoms with Crippen LogP contribution in [-0.2, 0) is 16.4 Å². The summed E-state index contributed by atoms with van der Waals surface area (Å²) in [6.07, 6.45) is -1.02. The normalized spacial score (nSPS) is 14.6. The van der Waals surface area contributed by atoms with E-state index in [1.165, 1.54) is 12.3 Å². The number of sulfonamides is 1. The van der Waals surface area contributed by atoms with Crippen molar-refractivity contribution in [2.24, 2.45) is 0 Å². The zero-order valence-corrected chi connectivity index (χ0v) is 19.3. The molecule has 0 spiro atoms. The molecule has 1 heterocycles. The van der Waals surface area contributed by atoms with E-state index in [1.54, 1.807) is 0 Å². The minimum Gasteiger partial charge on any atom is -0.390 e. The highest BCUT2D eigenvalue weighted by atomic mass is 32.2. The van der Waals surface area contributed by atoms with Crippen LogP contribution in [0.2, 0.25) is 0 Å². The van der Waals surface area contributed by atoms with Crippen LogP contribution < -0.4 is 10.0 Å². The second-order valence-electron chi connectivity index (χ2n) is 7.31. The quantitative estimate of drug-likeness (QED) is 0.361. The summed E-state index contributed by atoms with van der Waals surface area (Å²) in [6.45, 7) is 3.37. The standard InChI is InChI=1S/C20H27F2N3O5S2/c1-3-5-6-17(26)18(27)15(9-12-7-13(21)10-14(22)8-12)23-19(28)16-11-31-20(24-16)25-32(29,30)4-2/h7-8,10-11,15,17-18,26-27H,3-6,9H2,1-2H3,(H,23,28)(H,24,25). The van der Waals surface area contributed by atoms with Crippen LogP contribution in [0.5, 0.6) is 0 Å². The lowest BCUT2D eigenvalue weighted by Crippen LogP contribution is -2.50. The van der Waals surface area contributed by atoms with Gasteiger partial charge in [0, 0.05) is 11.4 Å². The number of aromatic nitrogens is 1. The van der Waals surface area contributed by atoms with Gasteiger partial charge in [-0.15, -0.1) is 11.3 Å². The highest BCUT2D eigenvalue weighted by molar-refractivity contribution is 7.92. The first-order valence-corrected chi connectivity index (χ1v) is 12.7. The Morgan fingerprint density at radius 2 is 1.84 bits per heavy atom. The summed E-state index contributed by atoms with van der Waals surface area (Å²) in [5, 5.41) is 24.8. The molecule has 8 nitrogen and oxygen atoms in total. The van der Waals surface area contributed by atoms with E-state index in [0.717, 1.165) is 29.9 Å². The van der Waals surface area contributed by atoms with Gasteiger partial charge in [0.15, 0.2) is 5.13 Å². The molecule has 2 aromatic rings. The monoisotopic (exact) mass is 491 g/mol. The van der Waals surface area contributed by atoms with Gasteiger partial charge in [0.2, 0.25) is 10.0 Å². The minimum absolute atomic E-state index is 0.00396. The molecule has 1 aromatic heterocycles. The number of carbonyl (C=O) groups excluding carboxylic acids is 1. The van der Waals surface area contributed by atoms with Crippen LogP contribution in [0.1, 0.15) is 49.2 Å². The molecular formula is C20H27F2N3O5S2. The summed E-state index contributed by atoms with van der Waals surface area (Å²) in [5.74, 6) is -2.51. The van der Waals surface area contributed by atoms with Crippen molar-refractivity contribution in [3.63, 3.8) is 0 Å². The number of nitrogens with zero attached hydrogens (tertiary/aromatic N) is 1. The Kier molecular flexibility index (Phi) is 9.49. The summed E-state index contributed by atoms with van der Waals surface area (Å²) in [4.78, 5) is 16.6. The van der Waals surface area contributed by atoms with Gasteiger partial charge < -0.3 is 15.5 Å². The molecule has 3 unspecified atom stereocenters. The molecular weight excluding hydrogens is 464 g/mol. The van der Waals surface area contributed by atoms with Crippen molar-refractivity contribution >= 4 is 32.4 Å². The molecule has 1 aromatic carbocycles. The maximum atomic E-state index is 13.6. The summed E-state index contributed by atoms with van der Waals surface area (Å²) >= 11 is 0.908. The molecule has 178 valence electrons. The number of halogens is 2. The Morgan fingerprint density at radius 3 is 2.44 bits per heavy atom. The van der Waals surface area contributed by atoms with E-state index in [0.29, 0.717) is 12.5 Å². The van der Waals surface area contributed by atoms with Crippen molar-refractivity contribution in [1.29, 1.82) is 0 Å². The second kappa shape index (κ2) is 11.6. The van der Waals surface area contributed by atoms with Gasteiger partial charge in [0.25, 0.3) is 5.91 Å². The molecule has 32 heavy (non-hydrogen) atoms. The zero-order valence-electron chi connectivity index (χ0n) is 17.7. The van der Waals surface area contributed by atoms with Gasteiger partial charge in [-0.05, 0) is 37.5 Å². The zero-order chi connectivity index (χ0) is 23.9. The van der Waals surface area contributed by atoms with Crippen LogP contribution in [0.25, 0.3) is 0 Å². The van der Waals surface area contributed by atoms with E-state index in [-0.39, 0.29) is 35.0 Å². The van der Waals surface area contributed by atoms with Crippen LogP contribution in [0.15, 0.2) is 23.6 Å². The van der Waals surface area contributed by atoms with Crippen LogP contribution in [0.4, 0.5) is 13.9 Å². The van der Waals surface area contributed by atoms with Crippen molar-refractivity contribution in [2.45, 2.75) is 57.8 Å². The molecule has 1 amide bonds. The molecule has 2 rings (SSSR count). The number of thiazole rings is 1. The van der Waals surface area contributed by atoms with Gasteiger partial charge in [0.1, 0.15) is 23.4 Å². The van der Waals surface area contributed by atoms with E-state index in [1.807, 2.05) is 6.92 Å². The van der Waals surface area contributed by atoms with Crippen molar-refractivity contribution in [3.8, 4) is 0 Å². The van der Waals surface area contributed by atoms with E-state index in [9.17, 15) is 32.2 Å². The SMILES string of the molecule is CCCCC(O)C(O)C(Cc1cc(F)cc(F)c1)NC(=O)c1csc(NS(=O)(=O)CC)n1. The first kappa shape index (κ1) is 26.1. The van der Waals surface area contributed by atoms with Crippen LogP contribution >= 0.6 is 11.3 Å². The molecule has 0 saturated carbocycles. The Labute approximate surface area is 189 Å². The number of amides is 1. The molecule has 3 atom stereocenters. The van der Waals surface area contributed by atoms with Crippen molar-refractivity contribution in [1.82, 2.24) is 10.3 Å². The third kappa shape index (κ3) is 7.76. The number of hydrogen-bond donors (Lipinski definition) is 4. The number of aliphatic hydroxyl groups is 2. The Morgan fingerprint density at radius 1 is 1.19 bits per heavy atom. The Bertz CT molecular complexity index is 996. The first-order valence-electron chi connectivity index (χ1n) is 10.1. The smallest absolute Gasteiger partial charge is 0.271 e. The number of anilines is 1. The third-order valence-corrected chi connectivity index (χ3v) is 6.87. The van der Waals surface area contributed by atoms with Crippen LogP contribution in [0.3, 0.4) is 0 Å². The summed E-state index contributed by atoms with van der Waals surface area (Å²) < 4.78 is 52.8. The number of benzene rings is 1. The minimum atomic E-state index is -3.57. The molecule has 0 aliphatic rings. The van der Waals surface area contributed by atoms with Gasteiger partial charge in [-0.25, -0.2) is 22.2 Å². The average Bonchev–Trinajstić information content (AvgIpc) is 3.18. The number of rotatable bonds is 12. The fraction of sp³-hybridized carbons (Fsp3) is 0.500. The van der Waals surface area contributed by atoms with Gasteiger partial charge in [-0.1, -0.05) is 19.8 Å². The Balaban J connectivity index is 2.21. The molecule has 0 fully saturated rings. The van der Waals surface area contributed by atoms with E-state index >= 15 is 0 Å². The van der Waals surface area contributed by atoms with Gasteiger partial charge in [-0.3, -0.25) is 9.52 Å². The fourth-order valence-corrected chi connectivity index (χ4v) is 4.53. The molecule has 12 heteroatoms. The third-order valence-electron chi connectivity index (χ3n) is 4.71. The van der Waals surface area contributed by atoms with Crippen molar-refractivity contribution in [3.05, 3.63) is 46.5 Å². The fourth-order valence-electron chi connectivity index (χ4n) is 2.96. The van der Waals surface area contributed by atoms with Gasteiger partial charge in [0.05, 0.1) is 17.9 Å².